The Morgan fingerprint density at radius 2 is 2.00 bits per heavy atom. The van der Waals surface area contributed by atoms with Gasteiger partial charge in [0.15, 0.2) is 18.1 Å². The van der Waals surface area contributed by atoms with E-state index in [1.807, 2.05) is 19.1 Å². The maximum absolute atomic E-state index is 12.3. The van der Waals surface area contributed by atoms with Gasteiger partial charge in [0.25, 0.3) is 5.56 Å². The molecule has 10 nitrogen and oxygen atoms in total. The van der Waals surface area contributed by atoms with Crippen LogP contribution < -0.4 is 20.5 Å². The highest BCUT2D eigenvalue weighted by atomic mass is 16.6. The molecule has 0 atom stereocenters. The number of rotatable bonds is 9. The molecule has 0 aliphatic carbocycles. The second kappa shape index (κ2) is 11.1. The molecule has 33 heavy (non-hydrogen) atoms. The summed E-state index contributed by atoms with van der Waals surface area (Å²) in [5.41, 5.74) is 3.56. The van der Waals surface area contributed by atoms with Crippen LogP contribution in [-0.2, 0) is 9.53 Å². The van der Waals surface area contributed by atoms with Gasteiger partial charge in [-0.3, -0.25) is 9.78 Å². The van der Waals surface area contributed by atoms with Crippen molar-refractivity contribution in [3.05, 3.63) is 70.0 Å². The Morgan fingerprint density at radius 1 is 1.21 bits per heavy atom. The zero-order valence-electron chi connectivity index (χ0n) is 18.0. The Bertz CT molecular complexity index is 1250. The van der Waals surface area contributed by atoms with Gasteiger partial charge in [-0.1, -0.05) is 30.3 Å². The van der Waals surface area contributed by atoms with Crippen molar-refractivity contribution in [3.63, 3.8) is 0 Å². The predicted molar refractivity (Wildman–Crippen MR) is 121 cm³/mol. The number of anilines is 1. The number of carbonyl (C=O) groups excluding carboxylic acids is 1. The van der Waals surface area contributed by atoms with Crippen LogP contribution in [0.15, 0.2) is 58.4 Å². The number of nitriles is 1. The number of aromatic amines is 1. The highest BCUT2D eigenvalue weighted by molar-refractivity contribution is 5.81. The Morgan fingerprint density at radius 3 is 2.70 bits per heavy atom. The van der Waals surface area contributed by atoms with E-state index in [9.17, 15) is 14.9 Å². The van der Waals surface area contributed by atoms with Crippen LogP contribution in [0.5, 0.6) is 11.5 Å². The summed E-state index contributed by atoms with van der Waals surface area (Å²) in [4.78, 5) is 30.4. The number of nitrogens with zero attached hydrogens (tertiary/aromatic N) is 3. The third-order valence-corrected chi connectivity index (χ3v) is 4.30. The van der Waals surface area contributed by atoms with Crippen molar-refractivity contribution in [1.82, 2.24) is 9.97 Å². The van der Waals surface area contributed by atoms with E-state index in [2.05, 4.69) is 25.2 Å². The first-order chi connectivity index (χ1) is 16.0. The van der Waals surface area contributed by atoms with Crippen LogP contribution in [0.1, 0.15) is 18.1 Å². The van der Waals surface area contributed by atoms with Crippen molar-refractivity contribution in [2.24, 2.45) is 5.10 Å². The van der Waals surface area contributed by atoms with Gasteiger partial charge >= 0.3 is 5.97 Å². The van der Waals surface area contributed by atoms with Crippen LogP contribution in [0.3, 0.4) is 0 Å². The number of benzene rings is 2. The molecule has 1 aromatic heterocycles. The topological polar surface area (TPSA) is 139 Å². The summed E-state index contributed by atoms with van der Waals surface area (Å²) < 4.78 is 15.6. The fourth-order valence-electron chi connectivity index (χ4n) is 2.79. The second-order valence-electron chi connectivity index (χ2n) is 6.49. The Labute approximate surface area is 189 Å². The molecular formula is C23H21N5O5. The quantitative estimate of drug-likeness (QED) is 0.290. The molecule has 0 aliphatic rings. The average Bonchev–Trinajstić information content (AvgIpc) is 2.83. The first kappa shape index (κ1) is 23.0. The van der Waals surface area contributed by atoms with Crippen LogP contribution in [0.2, 0.25) is 0 Å². The zero-order valence-corrected chi connectivity index (χ0v) is 18.0. The van der Waals surface area contributed by atoms with E-state index in [1.54, 1.807) is 42.5 Å². The molecule has 0 amide bonds. The molecule has 1 heterocycles. The van der Waals surface area contributed by atoms with E-state index < -0.39 is 11.5 Å². The number of methoxy groups -OCH3 is 1. The average molecular weight is 447 g/mol. The molecule has 0 saturated heterocycles. The van der Waals surface area contributed by atoms with Crippen molar-refractivity contribution in [2.45, 2.75) is 6.92 Å². The fourth-order valence-corrected chi connectivity index (χ4v) is 2.79. The third-order valence-electron chi connectivity index (χ3n) is 4.30. The summed E-state index contributed by atoms with van der Waals surface area (Å²) in [6, 6.07) is 15.9. The molecule has 168 valence electrons. The molecule has 0 bridgehead atoms. The van der Waals surface area contributed by atoms with Crippen molar-refractivity contribution in [1.29, 1.82) is 5.26 Å². The predicted octanol–water partition coefficient (Wildman–Crippen LogP) is 2.71. The van der Waals surface area contributed by atoms with Gasteiger partial charge in [0.2, 0.25) is 5.95 Å². The van der Waals surface area contributed by atoms with Gasteiger partial charge in [0, 0.05) is 5.56 Å². The van der Waals surface area contributed by atoms with Crippen LogP contribution in [-0.4, -0.2) is 42.5 Å². The number of nitrogens with one attached hydrogen (secondary N) is 2. The zero-order chi connectivity index (χ0) is 23.6. The summed E-state index contributed by atoms with van der Waals surface area (Å²) in [5, 5.41) is 13.4. The standard InChI is InChI=1S/C23H21N5O5/c1-3-32-19-11-15(9-10-18(19)33-14-20(29)31-2)13-25-28-23-26-21(16-7-5-4-6-8-16)17(12-24)22(30)27-23/h4-11,13H,3,14H2,1-2H3,(H2,26,27,28,30). The van der Waals surface area contributed by atoms with Crippen molar-refractivity contribution < 1.29 is 19.0 Å². The van der Waals surface area contributed by atoms with Gasteiger partial charge in [-0.2, -0.15) is 10.4 Å². The van der Waals surface area contributed by atoms with Crippen LogP contribution >= 0.6 is 0 Å². The molecule has 2 aromatic carbocycles. The van der Waals surface area contributed by atoms with E-state index in [0.29, 0.717) is 29.2 Å². The molecule has 0 fully saturated rings. The van der Waals surface area contributed by atoms with Crippen molar-refractivity contribution >= 4 is 18.1 Å². The third kappa shape index (κ3) is 5.95. The SMILES string of the molecule is CCOc1cc(C=NNc2nc(-c3ccccc3)c(C#N)c(=O)[nH]2)ccc1OCC(=O)OC. The maximum Gasteiger partial charge on any atom is 0.343 e. The summed E-state index contributed by atoms with van der Waals surface area (Å²) in [7, 11) is 1.28. The molecule has 3 aromatic rings. The summed E-state index contributed by atoms with van der Waals surface area (Å²) in [6.45, 7) is 1.97. The molecule has 0 saturated carbocycles. The van der Waals surface area contributed by atoms with Gasteiger partial charge in [-0.15, -0.1) is 0 Å². The number of carbonyl (C=O) groups is 1. The largest absolute Gasteiger partial charge is 0.490 e. The lowest BCUT2D eigenvalue weighted by Crippen LogP contribution is -2.16. The Balaban J connectivity index is 1.80. The minimum absolute atomic E-state index is 0.0807. The molecule has 3 rings (SSSR count). The van der Waals surface area contributed by atoms with Gasteiger partial charge in [-0.25, -0.2) is 15.2 Å². The van der Waals surface area contributed by atoms with Gasteiger partial charge in [0.05, 0.1) is 25.6 Å². The number of aromatic nitrogens is 2. The van der Waals surface area contributed by atoms with Gasteiger partial charge in [-0.05, 0) is 30.7 Å². The van der Waals surface area contributed by atoms with Gasteiger partial charge < -0.3 is 14.2 Å². The molecule has 0 aliphatic heterocycles. The molecular weight excluding hydrogens is 426 g/mol. The molecule has 0 spiro atoms. The molecule has 2 N–H and O–H groups in total. The summed E-state index contributed by atoms with van der Waals surface area (Å²) in [6.07, 6.45) is 1.49. The van der Waals surface area contributed by atoms with Gasteiger partial charge in [0.1, 0.15) is 11.6 Å². The number of esters is 1. The minimum atomic E-state index is -0.574. The fraction of sp³-hybridized carbons (Fsp3) is 0.174. The maximum atomic E-state index is 12.3. The number of hydrogen-bond donors (Lipinski definition) is 2. The second-order valence-corrected chi connectivity index (χ2v) is 6.49. The molecule has 0 unspecified atom stereocenters. The lowest BCUT2D eigenvalue weighted by atomic mass is 10.1. The van der Waals surface area contributed by atoms with Crippen molar-refractivity contribution in [2.75, 3.05) is 25.7 Å². The van der Waals surface area contributed by atoms with Crippen LogP contribution in [0.4, 0.5) is 5.95 Å². The lowest BCUT2D eigenvalue weighted by Gasteiger charge is -2.11. The number of hydrazone groups is 1. The summed E-state index contributed by atoms with van der Waals surface area (Å²) >= 11 is 0. The van der Waals surface area contributed by atoms with E-state index >= 15 is 0 Å². The number of hydrogen-bond acceptors (Lipinski definition) is 9. The van der Waals surface area contributed by atoms with E-state index in [4.69, 9.17) is 9.47 Å². The van der Waals surface area contributed by atoms with Crippen LogP contribution in [0.25, 0.3) is 11.3 Å². The first-order valence-electron chi connectivity index (χ1n) is 9.91. The van der Waals surface area contributed by atoms with Crippen molar-refractivity contribution in [3.8, 4) is 28.8 Å². The molecule has 0 radical (unpaired) electrons. The number of H-pyrrole nitrogens is 1. The lowest BCUT2D eigenvalue weighted by molar-refractivity contribution is -0.142. The monoisotopic (exact) mass is 447 g/mol. The Kier molecular flexibility index (Phi) is 7.75. The highest BCUT2D eigenvalue weighted by Gasteiger charge is 2.13. The minimum Gasteiger partial charge on any atom is -0.490 e. The van der Waals surface area contributed by atoms with E-state index in [0.717, 1.165) is 0 Å². The smallest absolute Gasteiger partial charge is 0.343 e. The van der Waals surface area contributed by atoms with Crippen LogP contribution in [0, 0.1) is 11.3 Å². The number of ether oxygens (including phenoxy) is 3. The molecule has 10 heteroatoms. The first-order valence-corrected chi connectivity index (χ1v) is 9.91. The van der Waals surface area contributed by atoms with E-state index in [-0.39, 0.29) is 23.8 Å². The van der Waals surface area contributed by atoms with E-state index in [1.165, 1.54) is 13.3 Å². The summed E-state index contributed by atoms with van der Waals surface area (Å²) in [5.74, 6) is 0.391. The highest BCUT2D eigenvalue weighted by Crippen LogP contribution is 2.28. The normalized spacial score (nSPS) is 10.5. The Hall–Kier alpha value is -4.65.